The van der Waals surface area contributed by atoms with E-state index in [0.717, 1.165) is 0 Å². The van der Waals surface area contributed by atoms with Crippen molar-refractivity contribution >= 4 is 34.9 Å². The molecule has 0 N–H and O–H groups in total. The average molecular weight is 326 g/mol. The van der Waals surface area contributed by atoms with E-state index in [-0.39, 0.29) is 5.91 Å². The van der Waals surface area contributed by atoms with Crippen molar-refractivity contribution < 1.29 is 9.21 Å². The maximum atomic E-state index is 12.2. The Morgan fingerprint density at radius 1 is 1.24 bits per heavy atom. The summed E-state index contributed by atoms with van der Waals surface area (Å²) in [5, 5.41) is 1.04. The van der Waals surface area contributed by atoms with Gasteiger partial charge in [0.15, 0.2) is 0 Å². The zero-order valence-electron chi connectivity index (χ0n) is 11.1. The molecule has 1 amide bonds. The molecule has 2 aromatic heterocycles. The van der Waals surface area contributed by atoms with E-state index in [0.29, 0.717) is 47.6 Å². The van der Waals surface area contributed by atoms with E-state index in [9.17, 15) is 4.79 Å². The van der Waals surface area contributed by atoms with Gasteiger partial charge in [-0.15, -0.1) is 0 Å². The first kappa shape index (κ1) is 14.2. The number of rotatable bonds is 2. The normalized spacial score (nSPS) is 15.3. The largest absolute Gasteiger partial charge is 0.472 e. The highest BCUT2D eigenvalue weighted by atomic mass is 35.5. The lowest BCUT2D eigenvalue weighted by atomic mass is 10.2. The van der Waals surface area contributed by atoms with Gasteiger partial charge in [-0.25, -0.2) is 4.98 Å². The van der Waals surface area contributed by atoms with Crippen LogP contribution in [0.5, 0.6) is 0 Å². The Morgan fingerprint density at radius 3 is 2.62 bits per heavy atom. The van der Waals surface area contributed by atoms with Gasteiger partial charge < -0.3 is 14.2 Å². The number of pyridine rings is 1. The van der Waals surface area contributed by atoms with Gasteiger partial charge in [-0.2, -0.15) is 0 Å². The number of nitrogens with zero attached hydrogens (tertiary/aromatic N) is 3. The molecule has 1 saturated heterocycles. The Labute approximate surface area is 132 Å². The lowest BCUT2D eigenvalue weighted by Gasteiger charge is -2.35. The number of furan rings is 1. The highest BCUT2D eigenvalue weighted by Gasteiger charge is 2.24. The molecule has 0 aromatic carbocycles. The summed E-state index contributed by atoms with van der Waals surface area (Å²) in [5.74, 6) is 0.690. The second-order valence-electron chi connectivity index (χ2n) is 4.75. The molecule has 7 heteroatoms. The van der Waals surface area contributed by atoms with Gasteiger partial charge in [0, 0.05) is 32.4 Å². The van der Waals surface area contributed by atoms with Crippen LogP contribution < -0.4 is 4.90 Å². The summed E-state index contributed by atoms with van der Waals surface area (Å²) >= 11 is 12.0. The number of piperazine rings is 1. The van der Waals surface area contributed by atoms with Gasteiger partial charge in [0.2, 0.25) is 0 Å². The molecule has 0 spiro atoms. The van der Waals surface area contributed by atoms with Crippen molar-refractivity contribution in [3.63, 3.8) is 0 Å². The molecule has 2 aromatic rings. The molecule has 0 unspecified atom stereocenters. The van der Waals surface area contributed by atoms with Crippen molar-refractivity contribution in [3.05, 3.63) is 46.5 Å². The number of carbonyl (C=O) groups is 1. The highest BCUT2D eigenvalue weighted by molar-refractivity contribution is 6.36. The number of hydrogen-bond donors (Lipinski definition) is 0. The molecule has 0 bridgehead atoms. The minimum absolute atomic E-state index is 0.0152. The van der Waals surface area contributed by atoms with Crippen molar-refractivity contribution in [2.24, 2.45) is 0 Å². The third kappa shape index (κ3) is 2.99. The van der Waals surface area contributed by atoms with Crippen LogP contribution in [-0.2, 0) is 0 Å². The summed E-state index contributed by atoms with van der Waals surface area (Å²) in [5.41, 5.74) is 0.575. The number of amides is 1. The Morgan fingerprint density at radius 2 is 2.00 bits per heavy atom. The number of aromatic nitrogens is 1. The fraction of sp³-hybridized carbons (Fsp3) is 0.286. The van der Waals surface area contributed by atoms with E-state index < -0.39 is 0 Å². The van der Waals surface area contributed by atoms with Crippen LogP contribution in [-0.4, -0.2) is 42.0 Å². The number of hydrogen-bond acceptors (Lipinski definition) is 4. The smallest absolute Gasteiger partial charge is 0.257 e. The van der Waals surface area contributed by atoms with E-state index in [1.165, 1.54) is 12.5 Å². The van der Waals surface area contributed by atoms with Gasteiger partial charge in [-0.1, -0.05) is 23.2 Å². The van der Waals surface area contributed by atoms with Crippen LogP contribution in [0.1, 0.15) is 10.4 Å². The van der Waals surface area contributed by atoms with E-state index in [1.54, 1.807) is 23.2 Å². The standard InChI is InChI=1S/C14H13Cl2N3O2/c15-11-7-12(16)13(17-8-11)18-2-4-19(5-3-18)14(20)10-1-6-21-9-10/h1,6-9H,2-5H2. The van der Waals surface area contributed by atoms with Crippen molar-refractivity contribution in [3.8, 4) is 0 Å². The monoisotopic (exact) mass is 325 g/mol. The summed E-state index contributed by atoms with van der Waals surface area (Å²) in [6, 6.07) is 3.35. The molecular formula is C14H13Cl2N3O2. The van der Waals surface area contributed by atoms with Crippen LogP contribution in [0.25, 0.3) is 0 Å². The first-order valence-corrected chi connectivity index (χ1v) is 7.28. The fourth-order valence-electron chi connectivity index (χ4n) is 2.33. The van der Waals surface area contributed by atoms with E-state index in [1.807, 2.05) is 0 Å². The summed E-state index contributed by atoms with van der Waals surface area (Å²) in [7, 11) is 0. The zero-order chi connectivity index (χ0) is 14.8. The molecule has 1 aliphatic heterocycles. The van der Waals surface area contributed by atoms with Gasteiger partial charge in [0.25, 0.3) is 5.91 Å². The lowest BCUT2D eigenvalue weighted by Crippen LogP contribution is -2.49. The van der Waals surface area contributed by atoms with Gasteiger partial charge in [0.05, 0.1) is 21.9 Å². The lowest BCUT2D eigenvalue weighted by molar-refractivity contribution is 0.0746. The Kier molecular flexibility index (Phi) is 4.03. The molecule has 3 rings (SSSR count). The number of carbonyl (C=O) groups excluding carboxylic acids is 1. The molecule has 0 aliphatic carbocycles. The highest BCUT2D eigenvalue weighted by Crippen LogP contribution is 2.26. The average Bonchev–Trinajstić information content (AvgIpc) is 3.01. The Balaban J connectivity index is 1.66. The first-order valence-electron chi connectivity index (χ1n) is 6.52. The second-order valence-corrected chi connectivity index (χ2v) is 5.59. The SMILES string of the molecule is O=C(c1ccoc1)N1CCN(c2ncc(Cl)cc2Cl)CC1. The maximum absolute atomic E-state index is 12.2. The summed E-state index contributed by atoms with van der Waals surface area (Å²) in [6.07, 6.45) is 4.54. The predicted octanol–water partition coefficient (Wildman–Crippen LogP) is 2.94. The van der Waals surface area contributed by atoms with Crippen LogP contribution in [0.15, 0.2) is 35.3 Å². The quantitative estimate of drug-likeness (QED) is 0.851. The topological polar surface area (TPSA) is 49.6 Å². The summed E-state index contributed by atoms with van der Waals surface area (Å²) < 4.78 is 4.95. The van der Waals surface area contributed by atoms with Crippen LogP contribution in [0.4, 0.5) is 5.82 Å². The molecule has 21 heavy (non-hydrogen) atoms. The third-order valence-corrected chi connectivity index (χ3v) is 3.91. The molecule has 5 nitrogen and oxygen atoms in total. The molecular weight excluding hydrogens is 313 g/mol. The van der Waals surface area contributed by atoms with Crippen molar-refractivity contribution in [1.29, 1.82) is 0 Å². The van der Waals surface area contributed by atoms with Crippen molar-refractivity contribution in [2.45, 2.75) is 0 Å². The summed E-state index contributed by atoms with van der Waals surface area (Å²) in [6.45, 7) is 2.59. The number of halogens is 2. The Bertz CT molecular complexity index is 638. The molecule has 110 valence electrons. The molecule has 1 aliphatic rings. The van der Waals surface area contributed by atoms with Crippen LogP contribution in [0.3, 0.4) is 0 Å². The van der Waals surface area contributed by atoms with E-state index in [4.69, 9.17) is 27.6 Å². The first-order chi connectivity index (χ1) is 10.1. The van der Waals surface area contributed by atoms with Crippen molar-refractivity contribution in [2.75, 3.05) is 31.1 Å². The maximum Gasteiger partial charge on any atom is 0.257 e. The van der Waals surface area contributed by atoms with Crippen molar-refractivity contribution in [1.82, 2.24) is 9.88 Å². The molecule has 0 atom stereocenters. The van der Waals surface area contributed by atoms with Crippen LogP contribution in [0.2, 0.25) is 10.0 Å². The molecule has 0 saturated carbocycles. The van der Waals surface area contributed by atoms with E-state index in [2.05, 4.69) is 9.88 Å². The van der Waals surface area contributed by atoms with Crippen LogP contribution >= 0.6 is 23.2 Å². The zero-order valence-corrected chi connectivity index (χ0v) is 12.6. The van der Waals surface area contributed by atoms with Gasteiger partial charge in [-0.05, 0) is 12.1 Å². The van der Waals surface area contributed by atoms with Crippen LogP contribution in [0, 0.1) is 0 Å². The van der Waals surface area contributed by atoms with Gasteiger partial charge >= 0.3 is 0 Å². The predicted molar refractivity (Wildman–Crippen MR) is 81.1 cm³/mol. The second kappa shape index (κ2) is 5.95. The molecule has 1 fully saturated rings. The minimum Gasteiger partial charge on any atom is -0.472 e. The minimum atomic E-state index is -0.0152. The summed E-state index contributed by atoms with van der Waals surface area (Å²) in [4.78, 5) is 20.3. The Hall–Kier alpha value is -1.72. The van der Waals surface area contributed by atoms with Gasteiger partial charge in [0.1, 0.15) is 12.1 Å². The number of anilines is 1. The van der Waals surface area contributed by atoms with Gasteiger partial charge in [-0.3, -0.25) is 4.79 Å². The van der Waals surface area contributed by atoms with E-state index >= 15 is 0 Å². The third-order valence-electron chi connectivity index (χ3n) is 3.42. The molecule has 0 radical (unpaired) electrons. The molecule has 3 heterocycles. The fourth-order valence-corrected chi connectivity index (χ4v) is 2.83.